The van der Waals surface area contributed by atoms with Gasteiger partial charge in [-0.25, -0.2) is 0 Å². The second-order valence-electron chi connectivity index (χ2n) is 4.71. The molecule has 0 amide bonds. The third-order valence-corrected chi connectivity index (χ3v) is 3.80. The molecule has 1 N–H and O–H groups in total. The fourth-order valence-corrected chi connectivity index (χ4v) is 2.80. The van der Waals surface area contributed by atoms with E-state index in [9.17, 15) is 0 Å². The van der Waals surface area contributed by atoms with Crippen LogP contribution in [0.3, 0.4) is 0 Å². The van der Waals surface area contributed by atoms with Gasteiger partial charge in [0.2, 0.25) is 0 Å². The minimum atomic E-state index is 0.312. The fourth-order valence-electron chi connectivity index (χ4n) is 2.54. The van der Waals surface area contributed by atoms with Crippen LogP contribution in [-0.2, 0) is 6.54 Å². The summed E-state index contributed by atoms with van der Waals surface area (Å²) in [6, 6.07) is 0.312. The minimum absolute atomic E-state index is 0.312. The summed E-state index contributed by atoms with van der Waals surface area (Å²) in [5.41, 5.74) is 1.16. The Morgan fingerprint density at radius 3 is 2.44 bits per heavy atom. The third-order valence-electron chi connectivity index (χ3n) is 3.51. The van der Waals surface area contributed by atoms with Gasteiger partial charge >= 0.3 is 0 Å². The van der Waals surface area contributed by atoms with E-state index in [2.05, 4.69) is 42.8 Å². The smallest absolute Gasteiger partial charge is 0.0834 e. The lowest BCUT2D eigenvalue weighted by Crippen LogP contribution is -2.30. The summed E-state index contributed by atoms with van der Waals surface area (Å²) in [5, 5.41) is 8.78. The van der Waals surface area contributed by atoms with Crippen LogP contribution in [0, 0.1) is 5.92 Å². The Morgan fingerprint density at radius 1 is 1.28 bits per heavy atom. The molecule has 0 aromatic carbocycles. The van der Waals surface area contributed by atoms with E-state index in [1.165, 1.54) is 0 Å². The zero-order valence-electron chi connectivity index (χ0n) is 12.0. The number of halogens is 1. The van der Waals surface area contributed by atoms with Crippen LogP contribution in [0.4, 0.5) is 0 Å². The second-order valence-corrected chi connectivity index (χ2v) is 5.12. The molecule has 1 aromatic heterocycles. The number of rotatable bonds is 8. The van der Waals surface area contributed by atoms with Crippen LogP contribution in [0.15, 0.2) is 6.20 Å². The fraction of sp³-hybridized carbons (Fsp3) is 0.786. The zero-order chi connectivity index (χ0) is 13.5. The van der Waals surface area contributed by atoms with E-state index in [0.717, 1.165) is 43.1 Å². The first kappa shape index (κ1) is 15.5. The van der Waals surface area contributed by atoms with Crippen molar-refractivity contribution in [2.45, 2.75) is 59.5 Å². The van der Waals surface area contributed by atoms with Gasteiger partial charge in [-0.3, -0.25) is 4.68 Å². The molecule has 0 aliphatic rings. The monoisotopic (exact) mass is 271 g/mol. The van der Waals surface area contributed by atoms with Gasteiger partial charge in [0.25, 0.3) is 0 Å². The summed E-state index contributed by atoms with van der Waals surface area (Å²) < 4.78 is 2.06. The largest absolute Gasteiger partial charge is 0.309 e. The predicted octanol–water partition coefficient (Wildman–Crippen LogP) is 4.03. The van der Waals surface area contributed by atoms with E-state index in [1.54, 1.807) is 6.20 Å². The lowest BCUT2D eigenvalue weighted by Gasteiger charge is -2.27. The SMILES string of the molecule is CCCn1ncc(Cl)c1C(NCC)C(CC)CC. The van der Waals surface area contributed by atoms with Crippen LogP contribution in [0.2, 0.25) is 5.02 Å². The van der Waals surface area contributed by atoms with Gasteiger partial charge in [0.15, 0.2) is 0 Å². The van der Waals surface area contributed by atoms with Crippen molar-refractivity contribution in [3.8, 4) is 0 Å². The van der Waals surface area contributed by atoms with Gasteiger partial charge in [-0.2, -0.15) is 5.10 Å². The van der Waals surface area contributed by atoms with Crippen molar-refractivity contribution in [3.63, 3.8) is 0 Å². The van der Waals surface area contributed by atoms with Crippen LogP contribution in [0.25, 0.3) is 0 Å². The van der Waals surface area contributed by atoms with Gasteiger partial charge in [0, 0.05) is 6.54 Å². The summed E-state index contributed by atoms with van der Waals surface area (Å²) in [4.78, 5) is 0. The van der Waals surface area contributed by atoms with E-state index in [1.807, 2.05) is 0 Å². The maximum atomic E-state index is 6.35. The van der Waals surface area contributed by atoms with E-state index in [4.69, 9.17) is 11.6 Å². The molecule has 18 heavy (non-hydrogen) atoms. The molecule has 0 bridgehead atoms. The third kappa shape index (κ3) is 3.48. The van der Waals surface area contributed by atoms with Crippen LogP contribution in [-0.4, -0.2) is 16.3 Å². The maximum absolute atomic E-state index is 6.35. The van der Waals surface area contributed by atoms with Crippen molar-refractivity contribution in [1.82, 2.24) is 15.1 Å². The molecular formula is C14H26ClN3. The summed E-state index contributed by atoms with van der Waals surface area (Å²) in [6.45, 7) is 10.7. The van der Waals surface area contributed by atoms with Gasteiger partial charge in [-0.1, -0.05) is 52.1 Å². The van der Waals surface area contributed by atoms with E-state index < -0.39 is 0 Å². The van der Waals surface area contributed by atoms with Crippen molar-refractivity contribution >= 4 is 11.6 Å². The molecule has 0 radical (unpaired) electrons. The number of nitrogens with one attached hydrogen (secondary N) is 1. The summed E-state index contributed by atoms with van der Waals surface area (Å²) in [6.07, 6.45) is 5.16. The highest BCUT2D eigenvalue weighted by Gasteiger charge is 2.25. The standard InChI is InChI=1S/C14H26ClN3/c1-5-9-18-14(12(15)10-17-18)13(16-8-4)11(6-2)7-3/h10-11,13,16H,5-9H2,1-4H3. The lowest BCUT2D eigenvalue weighted by molar-refractivity contribution is 0.326. The Morgan fingerprint density at radius 2 is 1.94 bits per heavy atom. The molecule has 1 unspecified atom stereocenters. The van der Waals surface area contributed by atoms with E-state index in [0.29, 0.717) is 12.0 Å². The highest BCUT2D eigenvalue weighted by molar-refractivity contribution is 6.31. The molecule has 4 heteroatoms. The average Bonchev–Trinajstić information content (AvgIpc) is 2.71. The summed E-state index contributed by atoms with van der Waals surface area (Å²) in [7, 11) is 0. The highest BCUT2D eigenvalue weighted by atomic mass is 35.5. The van der Waals surface area contributed by atoms with E-state index in [-0.39, 0.29) is 0 Å². The van der Waals surface area contributed by atoms with Crippen LogP contribution < -0.4 is 5.32 Å². The number of aromatic nitrogens is 2. The molecule has 0 aliphatic heterocycles. The number of hydrogen-bond donors (Lipinski definition) is 1. The van der Waals surface area contributed by atoms with Gasteiger partial charge in [0.05, 0.1) is 23.0 Å². The molecule has 3 nitrogen and oxygen atoms in total. The molecular weight excluding hydrogens is 246 g/mol. The van der Waals surface area contributed by atoms with Crippen LogP contribution >= 0.6 is 11.6 Å². The normalized spacial score (nSPS) is 13.2. The van der Waals surface area contributed by atoms with Crippen LogP contribution in [0.1, 0.15) is 58.7 Å². The van der Waals surface area contributed by atoms with Gasteiger partial charge in [0.1, 0.15) is 0 Å². The van der Waals surface area contributed by atoms with E-state index >= 15 is 0 Å². The minimum Gasteiger partial charge on any atom is -0.309 e. The first-order valence-electron chi connectivity index (χ1n) is 7.13. The first-order chi connectivity index (χ1) is 8.69. The molecule has 1 rings (SSSR count). The average molecular weight is 272 g/mol. The molecule has 104 valence electrons. The molecule has 1 heterocycles. The highest BCUT2D eigenvalue weighted by Crippen LogP contribution is 2.32. The quantitative estimate of drug-likeness (QED) is 0.774. The zero-order valence-corrected chi connectivity index (χ0v) is 12.8. The molecule has 0 saturated heterocycles. The Kier molecular flexibility index (Phi) is 6.72. The van der Waals surface area contributed by atoms with Gasteiger partial charge in [-0.15, -0.1) is 0 Å². The number of aryl methyl sites for hydroxylation is 1. The first-order valence-corrected chi connectivity index (χ1v) is 7.51. The Bertz CT molecular complexity index is 345. The topological polar surface area (TPSA) is 29.9 Å². The number of nitrogens with zero attached hydrogens (tertiary/aromatic N) is 2. The van der Waals surface area contributed by atoms with Gasteiger partial charge < -0.3 is 5.32 Å². The Balaban J connectivity index is 3.07. The van der Waals surface area contributed by atoms with Gasteiger partial charge in [-0.05, 0) is 18.9 Å². The van der Waals surface area contributed by atoms with Crippen LogP contribution in [0.5, 0.6) is 0 Å². The van der Waals surface area contributed by atoms with Crippen molar-refractivity contribution < 1.29 is 0 Å². The second kappa shape index (κ2) is 7.80. The summed E-state index contributed by atoms with van der Waals surface area (Å²) in [5.74, 6) is 0.606. The molecule has 0 aliphatic carbocycles. The van der Waals surface area contributed by atoms with Crippen molar-refractivity contribution in [2.24, 2.45) is 5.92 Å². The van der Waals surface area contributed by atoms with Crippen molar-refractivity contribution in [2.75, 3.05) is 6.54 Å². The lowest BCUT2D eigenvalue weighted by atomic mass is 9.91. The molecule has 1 atom stereocenters. The Hall–Kier alpha value is -0.540. The molecule has 0 spiro atoms. The number of hydrogen-bond acceptors (Lipinski definition) is 2. The van der Waals surface area contributed by atoms with Crippen molar-refractivity contribution in [3.05, 3.63) is 16.9 Å². The van der Waals surface area contributed by atoms with Crippen molar-refractivity contribution in [1.29, 1.82) is 0 Å². The maximum Gasteiger partial charge on any atom is 0.0834 e. The predicted molar refractivity (Wildman–Crippen MR) is 78.0 cm³/mol. The summed E-state index contributed by atoms with van der Waals surface area (Å²) >= 11 is 6.35. The molecule has 1 aromatic rings. The Labute approximate surface area is 116 Å². The molecule has 0 fully saturated rings. The molecule has 0 saturated carbocycles.